The predicted molar refractivity (Wildman–Crippen MR) is 73.9 cm³/mol. The second-order valence-corrected chi connectivity index (χ2v) is 6.07. The van der Waals surface area contributed by atoms with Crippen LogP contribution in [0.15, 0.2) is 35.2 Å². The second kappa shape index (κ2) is 4.27. The molecule has 2 aliphatic carbocycles. The van der Waals surface area contributed by atoms with E-state index >= 15 is 0 Å². The number of allylic oxidation sites excluding steroid dienone is 3. The molecule has 2 heteroatoms. The molecule has 0 aromatic rings. The first-order valence-electron chi connectivity index (χ1n) is 7.51. The highest BCUT2D eigenvalue weighted by atomic mass is 15.2. The van der Waals surface area contributed by atoms with Crippen molar-refractivity contribution < 1.29 is 0 Å². The van der Waals surface area contributed by atoms with E-state index in [0.29, 0.717) is 0 Å². The van der Waals surface area contributed by atoms with Crippen molar-refractivity contribution in [2.24, 2.45) is 11.8 Å². The Morgan fingerprint density at radius 3 is 3.06 bits per heavy atom. The maximum Gasteiger partial charge on any atom is 0.0446 e. The molecule has 2 fully saturated rings. The third-order valence-corrected chi connectivity index (χ3v) is 5.08. The lowest BCUT2D eigenvalue weighted by molar-refractivity contribution is 0.251. The van der Waals surface area contributed by atoms with Crippen molar-refractivity contribution in [2.45, 2.75) is 32.1 Å². The van der Waals surface area contributed by atoms with Crippen LogP contribution in [0.5, 0.6) is 0 Å². The molecule has 0 aromatic carbocycles. The SMILES string of the molecule is C1=CN2CCNCC3=CCCC(=C32)[C@H]1C1CCC1. The first-order chi connectivity index (χ1) is 8.93. The summed E-state index contributed by atoms with van der Waals surface area (Å²) in [7, 11) is 0. The first kappa shape index (κ1) is 10.9. The summed E-state index contributed by atoms with van der Waals surface area (Å²) in [4.78, 5) is 2.50. The smallest absolute Gasteiger partial charge is 0.0446 e. The summed E-state index contributed by atoms with van der Waals surface area (Å²) in [6.07, 6.45) is 14.2. The van der Waals surface area contributed by atoms with Gasteiger partial charge in [-0.05, 0) is 42.7 Å². The molecular weight excluding hydrogens is 220 g/mol. The van der Waals surface area contributed by atoms with Gasteiger partial charge in [-0.3, -0.25) is 0 Å². The molecule has 0 amide bonds. The molecule has 0 aromatic heterocycles. The average molecular weight is 242 g/mol. The molecule has 1 atom stereocenters. The number of rotatable bonds is 1. The van der Waals surface area contributed by atoms with E-state index in [1.807, 2.05) is 0 Å². The molecule has 0 unspecified atom stereocenters. The van der Waals surface area contributed by atoms with Gasteiger partial charge in [-0.25, -0.2) is 0 Å². The highest BCUT2D eigenvalue weighted by Crippen LogP contribution is 2.45. The van der Waals surface area contributed by atoms with E-state index in [1.54, 1.807) is 16.8 Å². The molecule has 1 saturated carbocycles. The maximum atomic E-state index is 3.55. The van der Waals surface area contributed by atoms with Crippen molar-refractivity contribution in [3.05, 3.63) is 35.2 Å². The highest BCUT2D eigenvalue weighted by molar-refractivity contribution is 5.44. The van der Waals surface area contributed by atoms with Crippen LogP contribution >= 0.6 is 0 Å². The molecule has 96 valence electrons. The van der Waals surface area contributed by atoms with Gasteiger partial charge in [-0.1, -0.05) is 18.6 Å². The van der Waals surface area contributed by atoms with Crippen LogP contribution in [-0.2, 0) is 0 Å². The van der Waals surface area contributed by atoms with E-state index in [0.717, 1.165) is 31.5 Å². The van der Waals surface area contributed by atoms with E-state index in [2.05, 4.69) is 28.6 Å². The predicted octanol–water partition coefficient (Wildman–Crippen LogP) is 2.81. The Hall–Kier alpha value is -1.02. The average Bonchev–Trinajstić information content (AvgIpc) is 2.54. The van der Waals surface area contributed by atoms with Gasteiger partial charge in [0.05, 0.1) is 0 Å². The molecule has 1 saturated heterocycles. The van der Waals surface area contributed by atoms with Gasteiger partial charge < -0.3 is 10.2 Å². The third kappa shape index (κ3) is 1.58. The van der Waals surface area contributed by atoms with Gasteiger partial charge in [0.1, 0.15) is 0 Å². The van der Waals surface area contributed by atoms with Gasteiger partial charge in [0.15, 0.2) is 0 Å². The van der Waals surface area contributed by atoms with E-state index in [4.69, 9.17) is 0 Å². The van der Waals surface area contributed by atoms with Crippen LogP contribution in [0.4, 0.5) is 0 Å². The van der Waals surface area contributed by atoms with E-state index in [9.17, 15) is 0 Å². The largest absolute Gasteiger partial charge is 0.347 e. The van der Waals surface area contributed by atoms with Gasteiger partial charge in [-0.2, -0.15) is 0 Å². The maximum absolute atomic E-state index is 3.55. The van der Waals surface area contributed by atoms with Crippen LogP contribution < -0.4 is 5.32 Å². The number of hydrogen-bond donors (Lipinski definition) is 1. The first-order valence-corrected chi connectivity index (χ1v) is 7.51. The van der Waals surface area contributed by atoms with E-state index in [1.165, 1.54) is 32.1 Å². The lowest BCUT2D eigenvalue weighted by atomic mass is 9.69. The van der Waals surface area contributed by atoms with Gasteiger partial charge in [0.25, 0.3) is 0 Å². The number of nitrogens with zero attached hydrogens (tertiary/aromatic N) is 1. The van der Waals surface area contributed by atoms with Crippen LogP contribution in [0.25, 0.3) is 0 Å². The second-order valence-electron chi connectivity index (χ2n) is 6.07. The van der Waals surface area contributed by atoms with Crippen molar-refractivity contribution in [3.8, 4) is 0 Å². The van der Waals surface area contributed by atoms with Gasteiger partial charge >= 0.3 is 0 Å². The lowest BCUT2D eigenvalue weighted by Gasteiger charge is -2.41. The summed E-state index contributed by atoms with van der Waals surface area (Å²) in [5.41, 5.74) is 4.90. The minimum absolute atomic E-state index is 0.756. The summed E-state index contributed by atoms with van der Waals surface area (Å²) in [5, 5.41) is 3.55. The fourth-order valence-electron chi connectivity index (χ4n) is 3.91. The zero-order chi connectivity index (χ0) is 11.9. The van der Waals surface area contributed by atoms with Crippen LogP contribution in [0.1, 0.15) is 32.1 Å². The van der Waals surface area contributed by atoms with Crippen LogP contribution in [-0.4, -0.2) is 24.5 Å². The molecule has 2 nitrogen and oxygen atoms in total. The molecule has 2 heterocycles. The third-order valence-electron chi connectivity index (χ3n) is 5.08. The summed E-state index contributed by atoms with van der Waals surface area (Å²) in [6.45, 7) is 3.30. The summed E-state index contributed by atoms with van der Waals surface area (Å²) in [5.74, 6) is 1.70. The molecule has 0 spiro atoms. The molecule has 2 aliphatic heterocycles. The minimum Gasteiger partial charge on any atom is -0.347 e. The Morgan fingerprint density at radius 1 is 1.28 bits per heavy atom. The molecule has 1 N–H and O–H groups in total. The molecule has 4 aliphatic rings. The van der Waals surface area contributed by atoms with Crippen LogP contribution in [0.3, 0.4) is 0 Å². The van der Waals surface area contributed by atoms with E-state index < -0.39 is 0 Å². The molecule has 4 rings (SSSR count). The Labute approximate surface area is 109 Å². The van der Waals surface area contributed by atoms with E-state index in [-0.39, 0.29) is 0 Å². The monoisotopic (exact) mass is 242 g/mol. The fourth-order valence-corrected chi connectivity index (χ4v) is 3.91. The normalized spacial score (nSPS) is 31.7. The molecule has 0 radical (unpaired) electrons. The lowest BCUT2D eigenvalue weighted by Crippen LogP contribution is -2.32. The van der Waals surface area contributed by atoms with Gasteiger partial charge in [0, 0.05) is 37.4 Å². The van der Waals surface area contributed by atoms with Crippen molar-refractivity contribution in [3.63, 3.8) is 0 Å². The Kier molecular flexibility index (Phi) is 2.58. The minimum atomic E-state index is 0.756. The molecule has 18 heavy (non-hydrogen) atoms. The Morgan fingerprint density at radius 2 is 2.22 bits per heavy atom. The summed E-state index contributed by atoms with van der Waals surface area (Å²) >= 11 is 0. The standard InChI is InChI=1S/C16H22N2/c1-3-12(4-1)14-7-9-18-10-8-17-11-13-5-2-6-15(14)16(13)18/h5,7,9,12,14,17H,1-4,6,8,10-11H2/t14-/m1/s1. The summed E-state index contributed by atoms with van der Waals surface area (Å²) < 4.78 is 0. The summed E-state index contributed by atoms with van der Waals surface area (Å²) in [6, 6.07) is 0. The topological polar surface area (TPSA) is 15.3 Å². The fraction of sp³-hybridized carbons (Fsp3) is 0.625. The molecular formula is C16H22N2. The van der Waals surface area contributed by atoms with Crippen LogP contribution in [0.2, 0.25) is 0 Å². The Bertz CT molecular complexity index is 440. The zero-order valence-corrected chi connectivity index (χ0v) is 11.0. The highest BCUT2D eigenvalue weighted by Gasteiger charge is 2.35. The van der Waals surface area contributed by atoms with Crippen molar-refractivity contribution in [2.75, 3.05) is 19.6 Å². The number of nitrogens with one attached hydrogen (secondary N) is 1. The van der Waals surface area contributed by atoms with Gasteiger partial charge in [-0.15, -0.1) is 0 Å². The zero-order valence-electron chi connectivity index (χ0n) is 11.0. The van der Waals surface area contributed by atoms with Crippen LogP contribution in [0, 0.1) is 11.8 Å². The Balaban J connectivity index is 1.74. The van der Waals surface area contributed by atoms with Crippen molar-refractivity contribution >= 4 is 0 Å². The quantitative estimate of drug-likeness (QED) is 0.760. The number of hydrogen-bond acceptors (Lipinski definition) is 2. The van der Waals surface area contributed by atoms with Crippen molar-refractivity contribution in [1.29, 1.82) is 0 Å². The molecule has 0 bridgehead atoms. The van der Waals surface area contributed by atoms with Gasteiger partial charge in [0.2, 0.25) is 0 Å². The van der Waals surface area contributed by atoms with Crippen molar-refractivity contribution in [1.82, 2.24) is 10.2 Å².